The first-order valence-corrected chi connectivity index (χ1v) is 8.18. The summed E-state index contributed by atoms with van der Waals surface area (Å²) in [5, 5.41) is 3.34. The predicted molar refractivity (Wildman–Crippen MR) is 100.0 cm³/mol. The zero-order valence-electron chi connectivity index (χ0n) is 14.8. The fourth-order valence-electron chi connectivity index (χ4n) is 2.82. The predicted octanol–water partition coefficient (Wildman–Crippen LogP) is 3.04. The van der Waals surface area contributed by atoms with Crippen LogP contribution in [0.2, 0.25) is 0 Å². The summed E-state index contributed by atoms with van der Waals surface area (Å²) in [6, 6.07) is 12.2. The van der Waals surface area contributed by atoms with Gasteiger partial charge in [-0.25, -0.2) is 0 Å². The maximum absolute atomic E-state index is 12.6. The Kier molecular flexibility index (Phi) is 4.93. The molecule has 0 radical (unpaired) electrons. The lowest BCUT2D eigenvalue weighted by Crippen LogP contribution is -2.31. The number of H-pyrrole nitrogens is 1. The topological polar surface area (TPSA) is 80.4 Å². The molecule has 1 amide bonds. The van der Waals surface area contributed by atoms with Crippen molar-refractivity contribution in [2.75, 3.05) is 14.2 Å². The van der Waals surface area contributed by atoms with Crippen LogP contribution < -0.4 is 20.2 Å². The van der Waals surface area contributed by atoms with Gasteiger partial charge in [-0.2, -0.15) is 0 Å². The second-order valence-electron chi connectivity index (χ2n) is 5.89. The van der Waals surface area contributed by atoms with Crippen molar-refractivity contribution < 1.29 is 14.3 Å². The highest BCUT2D eigenvalue weighted by Gasteiger charge is 2.17. The Morgan fingerprint density at radius 1 is 1.08 bits per heavy atom. The number of pyridine rings is 1. The van der Waals surface area contributed by atoms with Crippen molar-refractivity contribution in [2.45, 2.75) is 13.0 Å². The normalized spacial score (nSPS) is 11.8. The Morgan fingerprint density at radius 2 is 1.81 bits per heavy atom. The standard InChI is InChI=1S/C20H20N2O4/c1-12(13-8-9-17(25-2)18(10-13)26-3)22-20(24)15-11-21-16-7-5-4-6-14(16)19(15)23/h4-12H,1-3H3,(H,21,23)(H,22,24). The second kappa shape index (κ2) is 7.31. The van der Waals surface area contributed by atoms with Gasteiger partial charge in [0.25, 0.3) is 5.91 Å². The van der Waals surface area contributed by atoms with Gasteiger partial charge in [-0.3, -0.25) is 9.59 Å². The van der Waals surface area contributed by atoms with Gasteiger partial charge >= 0.3 is 0 Å². The molecule has 1 atom stereocenters. The number of ether oxygens (including phenoxy) is 2. The minimum atomic E-state index is -0.431. The van der Waals surface area contributed by atoms with Crippen molar-refractivity contribution in [3.63, 3.8) is 0 Å². The van der Waals surface area contributed by atoms with Crippen LogP contribution in [-0.2, 0) is 0 Å². The van der Waals surface area contributed by atoms with Crippen LogP contribution in [0.25, 0.3) is 10.9 Å². The number of hydrogen-bond acceptors (Lipinski definition) is 4. The fourth-order valence-corrected chi connectivity index (χ4v) is 2.82. The number of aromatic nitrogens is 1. The fraction of sp³-hybridized carbons (Fsp3) is 0.200. The zero-order chi connectivity index (χ0) is 18.7. The van der Waals surface area contributed by atoms with Crippen LogP contribution in [0.4, 0.5) is 0 Å². The van der Waals surface area contributed by atoms with Gasteiger partial charge in [-0.05, 0) is 36.8 Å². The van der Waals surface area contributed by atoms with Gasteiger partial charge in [0.1, 0.15) is 5.56 Å². The van der Waals surface area contributed by atoms with Gasteiger partial charge in [-0.15, -0.1) is 0 Å². The lowest BCUT2D eigenvalue weighted by molar-refractivity contribution is 0.0938. The number of carbonyl (C=O) groups excluding carboxylic acids is 1. The molecule has 6 nitrogen and oxygen atoms in total. The van der Waals surface area contributed by atoms with Crippen molar-refractivity contribution in [1.82, 2.24) is 10.3 Å². The van der Waals surface area contributed by atoms with Gasteiger partial charge in [0, 0.05) is 17.1 Å². The molecule has 0 aliphatic heterocycles. The van der Waals surface area contributed by atoms with E-state index < -0.39 is 5.91 Å². The van der Waals surface area contributed by atoms with Crippen molar-refractivity contribution in [3.8, 4) is 11.5 Å². The first kappa shape index (κ1) is 17.5. The molecule has 2 aromatic carbocycles. The molecular formula is C20H20N2O4. The third-order valence-electron chi connectivity index (χ3n) is 4.29. The molecule has 26 heavy (non-hydrogen) atoms. The third-order valence-corrected chi connectivity index (χ3v) is 4.29. The number of fused-ring (bicyclic) bond motifs is 1. The van der Waals surface area contributed by atoms with Crippen LogP contribution in [0.3, 0.4) is 0 Å². The molecule has 2 N–H and O–H groups in total. The monoisotopic (exact) mass is 352 g/mol. The van der Waals surface area contributed by atoms with E-state index in [9.17, 15) is 9.59 Å². The van der Waals surface area contributed by atoms with E-state index in [1.54, 1.807) is 44.6 Å². The molecule has 3 rings (SSSR count). The molecule has 0 bridgehead atoms. The van der Waals surface area contributed by atoms with Gasteiger partial charge < -0.3 is 19.8 Å². The molecule has 0 fully saturated rings. The molecule has 1 aromatic heterocycles. The average Bonchev–Trinajstić information content (AvgIpc) is 2.67. The molecule has 0 aliphatic rings. The number of rotatable bonds is 5. The van der Waals surface area contributed by atoms with Crippen LogP contribution in [0, 0.1) is 0 Å². The Bertz CT molecular complexity index is 1010. The molecular weight excluding hydrogens is 332 g/mol. The highest BCUT2D eigenvalue weighted by atomic mass is 16.5. The van der Waals surface area contributed by atoms with E-state index in [0.717, 1.165) is 5.56 Å². The van der Waals surface area contributed by atoms with Crippen LogP contribution in [0.5, 0.6) is 11.5 Å². The van der Waals surface area contributed by atoms with E-state index in [2.05, 4.69) is 10.3 Å². The summed E-state index contributed by atoms with van der Waals surface area (Å²) in [5.41, 5.74) is 1.32. The molecule has 0 aliphatic carbocycles. The van der Waals surface area contributed by atoms with Gasteiger partial charge in [0.15, 0.2) is 11.5 Å². The number of hydrogen-bond donors (Lipinski definition) is 2. The minimum absolute atomic E-state index is 0.0797. The largest absolute Gasteiger partial charge is 0.493 e. The van der Waals surface area contributed by atoms with Crippen molar-refractivity contribution in [1.29, 1.82) is 0 Å². The van der Waals surface area contributed by atoms with Gasteiger partial charge in [0.05, 0.1) is 20.3 Å². The van der Waals surface area contributed by atoms with Gasteiger partial charge in [0.2, 0.25) is 5.43 Å². The lowest BCUT2D eigenvalue weighted by Gasteiger charge is -2.16. The number of nitrogens with one attached hydrogen (secondary N) is 2. The smallest absolute Gasteiger partial charge is 0.257 e. The highest BCUT2D eigenvalue weighted by molar-refractivity contribution is 5.97. The van der Waals surface area contributed by atoms with Crippen LogP contribution >= 0.6 is 0 Å². The molecule has 0 spiro atoms. The number of methoxy groups -OCH3 is 2. The number of aromatic amines is 1. The van der Waals surface area contributed by atoms with E-state index >= 15 is 0 Å². The lowest BCUT2D eigenvalue weighted by atomic mass is 10.1. The summed E-state index contributed by atoms with van der Waals surface area (Å²) in [7, 11) is 3.12. The van der Waals surface area contributed by atoms with Crippen LogP contribution in [-0.4, -0.2) is 25.1 Å². The maximum atomic E-state index is 12.6. The quantitative estimate of drug-likeness (QED) is 0.740. The second-order valence-corrected chi connectivity index (χ2v) is 5.89. The molecule has 6 heteroatoms. The molecule has 0 saturated carbocycles. The number of carbonyl (C=O) groups is 1. The van der Waals surface area contributed by atoms with Crippen LogP contribution in [0.15, 0.2) is 53.5 Å². The first-order chi connectivity index (χ1) is 12.5. The molecule has 1 unspecified atom stereocenters. The molecule has 1 heterocycles. The number of amides is 1. The van der Waals surface area contributed by atoms with E-state index in [1.807, 2.05) is 19.1 Å². The van der Waals surface area contributed by atoms with E-state index in [4.69, 9.17) is 9.47 Å². The van der Waals surface area contributed by atoms with E-state index in [-0.39, 0.29) is 17.0 Å². The summed E-state index contributed by atoms with van der Waals surface area (Å²) in [5.74, 6) is 0.759. The SMILES string of the molecule is COc1ccc(C(C)NC(=O)c2c[nH]c3ccccc3c2=O)cc1OC. The van der Waals surface area contributed by atoms with Crippen molar-refractivity contribution >= 4 is 16.8 Å². The molecule has 134 valence electrons. The Hall–Kier alpha value is -3.28. The van der Waals surface area contributed by atoms with Gasteiger partial charge in [-0.1, -0.05) is 18.2 Å². The minimum Gasteiger partial charge on any atom is -0.493 e. The number of para-hydroxylation sites is 1. The summed E-state index contributed by atoms with van der Waals surface area (Å²) in [6.07, 6.45) is 1.45. The van der Waals surface area contributed by atoms with Crippen molar-refractivity contribution in [3.05, 3.63) is 70.0 Å². The first-order valence-electron chi connectivity index (χ1n) is 8.18. The van der Waals surface area contributed by atoms with Crippen LogP contribution in [0.1, 0.15) is 28.9 Å². The average molecular weight is 352 g/mol. The highest BCUT2D eigenvalue weighted by Crippen LogP contribution is 2.29. The Balaban J connectivity index is 1.86. The van der Waals surface area contributed by atoms with E-state index in [0.29, 0.717) is 22.4 Å². The Labute approximate surface area is 150 Å². The summed E-state index contributed by atoms with van der Waals surface area (Å²) >= 11 is 0. The zero-order valence-corrected chi connectivity index (χ0v) is 14.8. The maximum Gasteiger partial charge on any atom is 0.257 e. The summed E-state index contributed by atoms with van der Waals surface area (Å²) in [6.45, 7) is 1.84. The van der Waals surface area contributed by atoms with E-state index in [1.165, 1.54) is 6.20 Å². The summed E-state index contributed by atoms with van der Waals surface area (Å²) < 4.78 is 10.5. The Morgan fingerprint density at radius 3 is 2.54 bits per heavy atom. The number of benzene rings is 2. The summed E-state index contributed by atoms with van der Waals surface area (Å²) in [4.78, 5) is 28.1. The molecule has 0 saturated heterocycles. The molecule has 3 aromatic rings. The van der Waals surface area contributed by atoms with Crippen molar-refractivity contribution in [2.24, 2.45) is 0 Å². The third kappa shape index (κ3) is 3.26.